The number of rotatable bonds is 6. The lowest BCUT2D eigenvalue weighted by molar-refractivity contribution is 0.514. The first kappa shape index (κ1) is 45.1. The summed E-state index contributed by atoms with van der Waals surface area (Å²) in [4.78, 5) is 6.40. The third kappa shape index (κ3) is 6.99. The van der Waals surface area contributed by atoms with E-state index in [1.807, 2.05) is 11.3 Å². The first-order valence-corrected chi connectivity index (χ1v) is 28.4. The molecule has 3 atom stereocenters. The molecule has 78 heavy (non-hydrogen) atoms. The van der Waals surface area contributed by atoms with Crippen molar-refractivity contribution in [3.8, 4) is 11.4 Å². The Kier molecular flexibility index (Phi) is 10.3. The minimum absolute atomic E-state index is 0.0747. The minimum atomic E-state index is -0.199. The Morgan fingerprint density at radius 1 is 0.449 bits per heavy atom. The molecule has 0 N–H and O–H groups in total. The van der Waals surface area contributed by atoms with E-state index in [4.69, 9.17) is 4.99 Å². The summed E-state index contributed by atoms with van der Waals surface area (Å²) in [6.45, 7) is 4.80. The molecule has 1 unspecified atom stereocenters. The van der Waals surface area contributed by atoms with Gasteiger partial charge in [-0.15, -0.1) is 11.3 Å². The van der Waals surface area contributed by atoms with Gasteiger partial charge in [0, 0.05) is 70.5 Å². The first-order chi connectivity index (χ1) is 38.5. The molecule has 4 heteroatoms. The Labute approximate surface area is 456 Å². The van der Waals surface area contributed by atoms with E-state index in [1.165, 1.54) is 135 Å². The van der Waals surface area contributed by atoms with Crippen LogP contribution in [0.15, 0.2) is 248 Å². The Balaban J connectivity index is 1.00. The molecular weight excluding hydrogens is 963 g/mol. The van der Waals surface area contributed by atoms with Crippen LogP contribution in [0.2, 0.25) is 0 Å². The number of hydrogen-bond acceptors (Lipinski definition) is 2. The molecule has 4 heterocycles. The van der Waals surface area contributed by atoms with Crippen molar-refractivity contribution < 1.29 is 0 Å². The van der Waals surface area contributed by atoms with Crippen molar-refractivity contribution >= 4 is 129 Å². The molecule has 15 aromatic rings. The van der Waals surface area contributed by atoms with Gasteiger partial charge in [0.05, 0.1) is 33.8 Å². The monoisotopic (exact) mass is 1020 g/mol. The summed E-state index contributed by atoms with van der Waals surface area (Å²) in [5.41, 5.74) is 13.4. The van der Waals surface area contributed by atoms with Crippen molar-refractivity contribution in [2.24, 2.45) is 16.8 Å². The van der Waals surface area contributed by atoms with Crippen molar-refractivity contribution in [3.05, 3.63) is 259 Å². The van der Waals surface area contributed by atoms with E-state index >= 15 is 0 Å². The van der Waals surface area contributed by atoms with Gasteiger partial charge >= 0.3 is 0 Å². The summed E-state index contributed by atoms with van der Waals surface area (Å²) in [5, 5.41) is 17.6. The zero-order valence-electron chi connectivity index (χ0n) is 43.5. The highest BCUT2D eigenvalue weighted by Crippen LogP contribution is 2.48. The molecule has 0 bridgehead atoms. The maximum atomic E-state index is 6.40. The highest BCUT2D eigenvalue weighted by Gasteiger charge is 2.32. The third-order valence-electron chi connectivity index (χ3n) is 17.3. The summed E-state index contributed by atoms with van der Waals surface area (Å²) < 4.78 is 7.63. The lowest BCUT2D eigenvalue weighted by Gasteiger charge is -2.32. The van der Waals surface area contributed by atoms with Crippen LogP contribution in [0.3, 0.4) is 0 Å². The second kappa shape index (κ2) is 17.7. The predicted molar refractivity (Wildman–Crippen MR) is 336 cm³/mol. The Morgan fingerprint density at radius 3 is 1.76 bits per heavy atom. The van der Waals surface area contributed by atoms with Gasteiger partial charge in [-0.2, -0.15) is 0 Å². The zero-order valence-corrected chi connectivity index (χ0v) is 44.3. The standard InChI is InChI=1S/C74H53N3S/c1-3-56-57(53-31-30-46-17-7-8-19-48(46)37-53)34-29-45(2)72(75-73(56)54-33-36-67-61(40-54)59-27-15-16-28-66(59)76(67)55-24-5-4-6-25-55)65-44-71-64(60-35-32-47-18-13-14-26-58(47)74(60)78-71)43-70(65)77-68-41-51-22-11-9-20-49(51)38-62(68)63-39-50-21-10-12-23-52(50)42-69(63)77/h4-28,30-45,56,73H,3,29H2,1-2H3/b57-34+,75-72?/t45-,56-,73?/m0/s1. The smallest absolute Gasteiger partial charge is 0.0821 e. The molecule has 0 aliphatic carbocycles. The number of aromatic nitrogens is 2. The summed E-state index contributed by atoms with van der Waals surface area (Å²) in [5.74, 6) is 0.160. The Morgan fingerprint density at radius 2 is 1.04 bits per heavy atom. The summed E-state index contributed by atoms with van der Waals surface area (Å²) in [7, 11) is 0. The number of aliphatic imine (C=N–C) groups is 1. The fourth-order valence-corrected chi connectivity index (χ4v) is 14.8. The molecule has 0 saturated heterocycles. The highest BCUT2D eigenvalue weighted by atomic mass is 32.1. The van der Waals surface area contributed by atoms with Crippen molar-refractivity contribution in [1.82, 2.24) is 9.13 Å². The van der Waals surface area contributed by atoms with Crippen molar-refractivity contribution in [2.45, 2.75) is 32.7 Å². The maximum absolute atomic E-state index is 6.40. The number of para-hydroxylation sites is 2. The maximum Gasteiger partial charge on any atom is 0.0821 e. The number of hydrogen-bond donors (Lipinski definition) is 0. The molecule has 3 nitrogen and oxygen atoms in total. The van der Waals surface area contributed by atoms with Crippen LogP contribution < -0.4 is 0 Å². The van der Waals surface area contributed by atoms with Gasteiger partial charge < -0.3 is 9.13 Å². The predicted octanol–water partition coefficient (Wildman–Crippen LogP) is 20.5. The third-order valence-corrected chi connectivity index (χ3v) is 18.5. The number of thiophene rings is 1. The molecule has 1 aliphatic rings. The van der Waals surface area contributed by atoms with Crippen LogP contribution in [-0.4, -0.2) is 14.8 Å². The van der Waals surface area contributed by atoms with Crippen LogP contribution in [0.5, 0.6) is 0 Å². The van der Waals surface area contributed by atoms with E-state index in [2.05, 4.69) is 266 Å². The molecular formula is C74H53N3S. The molecule has 1 aliphatic heterocycles. The molecule has 0 spiro atoms. The zero-order chi connectivity index (χ0) is 51.6. The number of nitrogens with zero attached hydrogens (tertiary/aromatic N) is 3. The van der Waals surface area contributed by atoms with Gasteiger partial charge in [0.2, 0.25) is 0 Å². The highest BCUT2D eigenvalue weighted by molar-refractivity contribution is 7.26. The summed E-state index contributed by atoms with van der Waals surface area (Å²) in [6.07, 6.45) is 4.36. The van der Waals surface area contributed by atoms with Crippen molar-refractivity contribution in [3.63, 3.8) is 0 Å². The average molecular weight is 1020 g/mol. The average Bonchev–Trinajstić information content (AvgIpc) is 4.22. The summed E-state index contributed by atoms with van der Waals surface area (Å²) in [6, 6.07) is 88.6. The second-order valence-corrected chi connectivity index (χ2v) is 22.7. The molecule has 0 fully saturated rings. The number of allylic oxidation sites excluding steroid dienone is 1. The van der Waals surface area contributed by atoms with Crippen LogP contribution in [-0.2, 0) is 0 Å². The molecule has 0 amide bonds. The van der Waals surface area contributed by atoms with E-state index in [1.54, 1.807) is 0 Å². The van der Waals surface area contributed by atoms with Crippen LogP contribution in [0.4, 0.5) is 0 Å². The normalized spacial score (nSPS) is 17.0. The minimum Gasteiger partial charge on any atom is -0.309 e. The topological polar surface area (TPSA) is 22.2 Å². The molecule has 12 aromatic carbocycles. The van der Waals surface area contributed by atoms with Gasteiger partial charge in [-0.05, 0) is 145 Å². The van der Waals surface area contributed by atoms with Crippen molar-refractivity contribution in [1.29, 1.82) is 0 Å². The Hall–Kier alpha value is -9.09. The first-order valence-electron chi connectivity index (χ1n) is 27.6. The van der Waals surface area contributed by atoms with Gasteiger partial charge in [0.25, 0.3) is 0 Å². The van der Waals surface area contributed by atoms with E-state index in [0.29, 0.717) is 0 Å². The van der Waals surface area contributed by atoms with E-state index in [9.17, 15) is 0 Å². The number of benzene rings is 12. The van der Waals surface area contributed by atoms with Crippen LogP contribution in [0, 0.1) is 11.8 Å². The number of fused-ring (bicyclic) bond motifs is 14. The fraction of sp³-hybridized carbons (Fsp3) is 0.0946. The molecule has 0 radical (unpaired) electrons. The van der Waals surface area contributed by atoms with E-state index in [-0.39, 0.29) is 17.9 Å². The van der Waals surface area contributed by atoms with Gasteiger partial charge in [-0.25, -0.2) is 0 Å². The lowest BCUT2D eigenvalue weighted by atomic mass is 9.78. The Bertz CT molecular complexity index is 4930. The SMILES string of the molecule is CC[C@H]1/C(c2ccc3ccccc3c2)=C/C[C@H](C)C(c2cc3sc4c5ccccc5ccc4c3cc2-n2c3cc4ccccc4cc3c3cc4ccccc4cc32)=NC1c1ccc2c(c1)c1ccccc1n2-c1ccccc1. The quantitative estimate of drug-likeness (QED) is 0.158. The van der Waals surface area contributed by atoms with Crippen LogP contribution in [0.25, 0.3) is 124 Å². The second-order valence-electron chi connectivity index (χ2n) is 21.7. The van der Waals surface area contributed by atoms with Crippen molar-refractivity contribution in [2.75, 3.05) is 0 Å². The van der Waals surface area contributed by atoms with Crippen LogP contribution in [0.1, 0.15) is 49.4 Å². The lowest BCUT2D eigenvalue weighted by Crippen LogP contribution is -2.23. The molecule has 16 rings (SSSR count). The van der Waals surface area contributed by atoms with Gasteiger partial charge in [-0.1, -0.05) is 184 Å². The van der Waals surface area contributed by atoms with Crippen LogP contribution >= 0.6 is 11.3 Å². The molecule has 370 valence electrons. The van der Waals surface area contributed by atoms with E-state index < -0.39 is 0 Å². The van der Waals surface area contributed by atoms with Gasteiger partial charge in [0.1, 0.15) is 0 Å². The molecule has 0 saturated carbocycles. The van der Waals surface area contributed by atoms with Gasteiger partial charge in [0.15, 0.2) is 0 Å². The summed E-state index contributed by atoms with van der Waals surface area (Å²) >= 11 is 1.92. The van der Waals surface area contributed by atoms with E-state index in [0.717, 1.165) is 24.2 Å². The fourth-order valence-electron chi connectivity index (χ4n) is 13.5. The molecule has 3 aromatic heterocycles. The largest absolute Gasteiger partial charge is 0.309 e. The van der Waals surface area contributed by atoms with Gasteiger partial charge in [-0.3, -0.25) is 4.99 Å².